The molecule has 0 spiro atoms. The van der Waals surface area contributed by atoms with E-state index in [0.29, 0.717) is 43.5 Å². The van der Waals surface area contributed by atoms with Gasteiger partial charge in [0.1, 0.15) is 11.6 Å². The van der Waals surface area contributed by atoms with Crippen LogP contribution >= 0.6 is 15.9 Å². The van der Waals surface area contributed by atoms with Crippen LogP contribution < -0.4 is 15.6 Å². The monoisotopic (exact) mass is 487 g/mol. The highest BCUT2D eigenvalue weighted by Crippen LogP contribution is 2.21. The van der Waals surface area contributed by atoms with Crippen LogP contribution in [-0.4, -0.2) is 52.6 Å². The number of morpholine rings is 1. The number of phenolic OH excluding ortho intramolecular Hbond substituents is 1. The van der Waals surface area contributed by atoms with Crippen molar-refractivity contribution in [3.8, 4) is 5.75 Å². The van der Waals surface area contributed by atoms with E-state index in [9.17, 15) is 9.50 Å². The van der Waals surface area contributed by atoms with E-state index in [1.807, 2.05) is 4.90 Å². The molecule has 0 unspecified atom stereocenters. The van der Waals surface area contributed by atoms with Crippen molar-refractivity contribution in [3.63, 3.8) is 0 Å². The minimum Gasteiger partial charge on any atom is -0.507 e. The second-order valence-corrected chi connectivity index (χ2v) is 7.50. The molecular formula is C20H19BrFN7O2. The number of nitrogens with zero attached hydrogens (tertiary/aromatic N) is 5. The third-order valence-corrected chi connectivity index (χ3v) is 4.87. The highest BCUT2D eigenvalue weighted by molar-refractivity contribution is 9.10. The first kappa shape index (κ1) is 20.9. The van der Waals surface area contributed by atoms with Gasteiger partial charge in [-0.1, -0.05) is 15.9 Å². The van der Waals surface area contributed by atoms with E-state index >= 15 is 0 Å². The number of nitrogens with one attached hydrogen (secondary N) is 2. The summed E-state index contributed by atoms with van der Waals surface area (Å²) in [5, 5.41) is 17.1. The zero-order valence-electron chi connectivity index (χ0n) is 16.3. The van der Waals surface area contributed by atoms with Gasteiger partial charge in [0.25, 0.3) is 0 Å². The number of hydrogen-bond donors (Lipinski definition) is 3. The summed E-state index contributed by atoms with van der Waals surface area (Å²) >= 11 is 3.36. The Bertz CT molecular complexity index is 1080. The van der Waals surface area contributed by atoms with Crippen LogP contribution in [0.15, 0.2) is 52.0 Å². The molecule has 0 bridgehead atoms. The highest BCUT2D eigenvalue weighted by atomic mass is 79.9. The molecule has 0 amide bonds. The molecule has 0 atom stereocenters. The van der Waals surface area contributed by atoms with Gasteiger partial charge in [-0.15, -0.1) is 0 Å². The molecular weight excluding hydrogens is 469 g/mol. The number of rotatable bonds is 6. The second kappa shape index (κ2) is 9.67. The molecule has 1 aliphatic rings. The number of anilines is 4. The Labute approximate surface area is 186 Å². The summed E-state index contributed by atoms with van der Waals surface area (Å²) in [5.74, 6) is 0.726. The van der Waals surface area contributed by atoms with E-state index in [1.165, 1.54) is 18.3 Å². The number of phenols is 1. The lowest BCUT2D eigenvalue weighted by Crippen LogP contribution is -2.37. The molecule has 0 saturated carbocycles. The molecule has 4 rings (SSSR count). The number of aromatic nitrogens is 3. The van der Waals surface area contributed by atoms with E-state index in [-0.39, 0.29) is 23.5 Å². The fraction of sp³-hybridized carbons (Fsp3) is 0.200. The molecule has 1 fully saturated rings. The highest BCUT2D eigenvalue weighted by Gasteiger charge is 2.16. The van der Waals surface area contributed by atoms with E-state index in [0.717, 1.165) is 4.47 Å². The number of hydrazone groups is 1. The number of ether oxygens (including phenoxy) is 1. The van der Waals surface area contributed by atoms with Crippen LogP contribution in [0.25, 0.3) is 0 Å². The van der Waals surface area contributed by atoms with Crippen molar-refractivity contribution in [2.75, 3.05) is 41.9 Å². The molecule has 3 N–H and O–H groups in total. The molecule has 2 heterocycles. The molecule has 11 heteroatoms. The van der Waals surface area contributed by atoms with Crippen LogP contribution in [0.3, 0.4) is 0 Å². The van der Waals surface area contributed by atoms with Gasteiger partial charge in [0.2, 0.25) is 17.8 Å². The van der Waals surface area contributed by atoms with Gasteiger partial charge in [0.15, 0.2) is 0 Å². The third-order valence-electron chi connectivity index (χ3n) is 4.38. The fourth-order valence-corrected chi connectivity index (χ4v) is 3.20. The van der Waals surface area contributed by atoms with Crippen molar-refractivity contribution < 1.29 is 14.2 Å². The summed E-state index contributed by atoms with van der Waals surface area (Å²) in [7, 11) is 0. The molecule has 160 valence electrons. The average Bonchev–Trinajstić information content (AvgIpc) is 2.78. The van der Waals surface area contributed by atoms with Crippen LogP contribution in [0.5, 0.6) is 5.75 Å². The van der Waals surface area contributed by atoms with Crippen molar-refractivity contribution in [3.05, 3.63) is 58.3 Å². The lowest BCUT2D eigenvalue weighted by atomic mass is 10.2. The Morgan fingerprint density at radius 3 is 2.58 bits per heavy atom. The number of hydrogen-bond acceptors (Lipinski definition) is 9. The quantitative estimate of drug-likeness (QED) is 0.358. The van der Waals surface area contributed by atoms with Gasteiger partial charge in [-0.25, -0.2) is 9.82 Å². The zero-order valence-corrected chi connectivity index (χ0v) is 17.9. The number of benzene rings is 2. The summed E-state index contributed by atoms with van der Waals surface area (Å²) in [6, 6.07) is 10.9. The van der Waals surface area contributed by atoms with Gasteiger partial charge in [-0.05, 0) is 42.5 Å². The van der Waals surface area contributed by atoms with Gasteiger partial charge in [0, 0.05) is 28.8 Å². The van der Waals surface area contributed by atoms with Gasteiger partial charge < -0.3 is 20.1 Å². The Morgan fingerprint density at radius 1 is 1.06 bits per heavy atom. The Hall–Kier alpha value is -3.31. The van der Waals surface area contributed by atoms with Gasteiger partial charge in [-0.3, -0.25) is 0 Å². The second-order valence-electron chi connectivity index (χ2n) is 6.59. The molecule has 1 saturated heterocycles. The minimum atomic E-state index is -0.331. The van der Waals surface area contributed by atoms with E-state index in [4.69, 9.17) is 4.74 Å². The van der Waals surface area contributed by atoms with Crippen molar-refractivity contribution in [1.29, 1.82) is 0 Å². The van der Waals surface area contributed by atoms with E-state index in [1.54, 1.807) is 30.3 Å². The van der Waals surface area contributed by atoms with Crippen LogP contribution in [-0.2, 0) is 4.74 Å². The van der Waals surface area contributed by atoms with Crippen molar-refractivity contribution in [1.82, 2.24) is 15.0 Å². The minimum absolute atomic E-state index is 0.0945. The Balaban J connectivity index is 1.58. The van der Waals surface area contributed by atoms with Crippen LogP contribution in [0.2, 0.25) is 0 Å². The van der Waals surface area contributed by atoms with Gasteiger partial charge in [-0.2, -0.15) is 20.1 Å². The van der Waals surface area contributed by atoms with Crippen molar-refractivity contribution >= 4 is 45.7 Å². The zero-order chi connectivity index (χ0) is 21.6. The SMILES string of the molecule is Oc1ccc(Br)cc1/C=N\Nc1nc(Nc2ccc(F)cc2)nc(N2CCOCC2)n1. The maximum Gasteiger partial charge on any atom is 0.250 e. The van der Waals surface area contributed by atoms with Crippen LogP contribution in [0.1, 0.15) is 5.56 Å². The predicted octanol–water partition coefficient (Wildman–Crippen LogP) is 3.51. The fourth-order valence-electron chi connectivity index (χ4n) is 2.83. The Morgan fingerprint density at radius 2 is 1.81 bits per heavy atom. The average molecular weight is 488 g/mol. The first-order valence-electron chi connectivity index (χ1n) is 9.46. The largest absolute Gasteiger partial charge is 0.507 e. The summed E-state index contributed by atoms with van der Waals surface area (Å²) < 4.78 is 19.4. The lowest BCUT2D eigenvalue weighted by Gasteiger charge is -2.27. The van der Waals surface area contributed by atoms with E-state index < -0.39 is 0 Å². The first-order valence-corrected chi connectivity index (χ1v) is 10.2. The van der Waals surface area contributed by atoms with Crippen molar-refractivity contribution in [2.24, 2.45) is 5.10 Å². The smallest absolute Gasteiger partial charge is 0.250 e. The normalized spacial score (nSPS) is 14.1. The Kier molecular flexibility index (Phi) is 6.53. The molecule has 0 radical (unpaired) electrons. The molecule has 3 aromatic rings. The maximum absolute atomic E-state index is 13.2. The summed E-state index contributed by atoms with van der Waals surface area (Å²) in [6.07, 6.45) is 1.46. The molecule has 9 nitrogen and oxygen atoms in total. The maximum atomic E-state index is 13.2. The van der Waals surface area contributed by atoms with Crippen molar-refractivity contribution in [2.45, 2.75) is 0 Å². The molecule has 31 heavy (non-hydrogen) atoms. The first-order chi connectivity index (χ1) is 15.1. The predicted molar refractivity (Wildman–Crippen MR) is 120 cm³/mol. The molecule has 1 aromatic heterocycles. The van der Waals surface area contributed by atoms with E-state index in [2.05, 4.69) is 46.7 Å². The molecule has 1 aliphatic heterocycles. The molecule has 2 aromatic carbocycles. The summed E-state index contributed by atoms with van der Waals surface area (Å²) in [5.41, 5.74) is 3.93. The standard InChI is InChI=1S/C20H19BrFN7O2/c21-14-1-6-17(30)13(11-14)12-23-28-19-25-18(24-16-4-2-15(22)3-5-16)26-20(27-19)29-7-9-31-10-8-29/h1-6,11-12,30H,7-10H2,(H2,24,25,26,27,28)/b23-12-. The summed E-state index contributed by atoms with van der Waals surface area (Å²) in [6.45, 7) is 2.45. The van der Waals surface area contributed by atoms with Crippen LogP contribution in [0.4, 0.5) is 27.9 Å². The van der Waals surface area contributed by atoms with Gasteiger partial charge >= 0.3 is 0 Å². The summed E-state index contributed by atoms with van der Waals surface area (Å²) in [4.78, 5) is 15.2. The molecule has 0 aliphatic carbocycles. The third kappa shape index (κ3) is 5.64. The lowest BCUT2D eigenvalue weighted by molar-refractivity contribution is 0.122. The topological polar surface area (TPSA) is 108 Å². The van der Waals surface area contributed by atoms with Gasteiger partial charge in [0.05, 0.1) is 19.4 Å². The van der Waals surface area contributed by atoms with Crippen LogP contribution in [0, 0.1) is 5.82 Å². The number of aromatic hydroxyl groups is 1. The number of halogens is 2.